The number of amides is 1. The van der Waals surface area contributed by atoms with Gasteiger partial charge in [-0.2, -0.15) is 0 Å². The van der Waals surface area contributed by atoms with Crippen LogP contribution in [0.2, 0.25) is 0 Å². The molecule has 0 aromatic rings. The van der Waals surface area contributed by atoms with E-state index in [-0.39, 0.29) is 30.1 Å². The predicted molar refractivity (Wildman–Crippen MR) is 90.7 cm³/mol. The van der Waals surface area contributed by atoms with E-state index in [0.717, 1.165) is 39.0 Å². The summed E-state index contributed by atoms with van der Waals surface area (Å²) in [6.45, 7) is 12.9. The first-order chi connectivity index (χ1) is 11.4. The van der Waals surface area contributed by atoms with Gasteiger partial charge in [0.2, 0.25) is 5.91 Å². The number of ether oxygens (including phenoxy) is 3. The van der Waals surface area contributed by atoms with Crippen molar-refractivity contribution in [2.24, 2.45) is 5.92 Å². The molecule has 3 atom stereocenters. The maximum Gasteiger partial charge on any atom is 0.240 e. The summed E-state index contributed by atoms with van der Waals surface area (Å²) < 4.78 is 17.4. The van der Waals surface area contributed by atoms with Gasteiger partial charge in [0, 0.05) is 39.0 Å². The normalized spacial score (nSPS) is 32.5. The molecule has 3 unspecified atom stereocenters. The van der Waals surface area contributed by atoms with Gasteiger partial charge < -0.3 is 19.1 Å². The number of carbonyl (C=O) groups excluding carboxylic acids is 1. The van der Waals surface area contributed by atoms with Crippen LogP contribution in [-0.4, -0.2) is 79.1 Å². The van der Waals surface area contributed by atoms with Crippen LogP contribution in [0.4, 0.5) is 0 Å². The van der Waals surface area contributed by atoms with Gasteiger partial charge in [0.25, 0.3) is 0 Å². The van der Waals surface area contributed by atoms with E-state index in [9.17, 15) is 4.79 Å². The maximum atomic E-state index is 13.2. The van der Waals surface area contributed by atoms with Crippen LogP contribution in [0.5, 0.6) is 0 Å². The lowest BCUT2D eigenvalue weighted by molar-refractivity contribution is -0.189. The average Bonchev–Trinajstić information content (AvgIpc) is 2.95. The number of carbonyl (C=O) groups is 1. The molecular formula is C18H32N2O4. The largest absolute Gasteiger partial charge is 0.373 e. The maximum absolute atomic E-state index is 13.2. The van der Waals surface area contributed by atoms with Crippen molar-refractivity contribution in [1.29, 1.82) is 0 Å². The highest BCUT2D eigenvalue weighted by Crippen LogP contribution is 2.32. The molecule has 3 fully saturated rings. The van der Waals surface area contributed by atoms with Gasteiger partial charge in [-0.05, 0) is 19.8 Å². The first kappa shape index (κ1) is 18.1. The Labute approximate surface area is 145 Å². The van der Waals surface area contributed by atoms with Gasteiger partial charge in [-0.25, -0.2) is 0 Å². The van der Waals surface area contributed by atoms with E-state index in [0.29, 0.717) is 13.2 Å². The molecule has 3 heterocycles. The molecule has 0 bridgehead atoms. The molecule has 1 amide bonds. The molecule has 0 aromatic carbocycles. The van der Waals surface area contributed by atoms with Gasteiger partial charge >= 0.3 is 0 Å². The number of morpholine rings is 1. The van der Waals surface area contributed by atoms with Crippen LogP contribution in [0.3, 0.4) is 0 Å². The lowest BCUT2D eigenvalue weighted by Crippen LogP contribution is -2.59. The van der Waals surface area contributed by atoms with Gasteiger partial charge in [-0.1, -0.05) is 13.8 Å². The highest BCUT2D eigenvalue weighted by atomic mass is 16.7. The Hall–Kier alpha value is -0.690. The molecule has 24 heavy (non-hydrogen) atoms. The minimum Gasteiger partial charge on any atom is -0.373 e. The minimum atomic E-state index is -0.425. The third kappa shape index (κ3) is 3.77. The van der Waals surface area contributed by atoms with E-state index < -0.39 is 5.79 Å². The molecule has 1 spiro atoms. The summed E-state index contributed by atoms with van der Waals surface area (Å²) in [5.74, 6) is 0.107. The molecule has 3 aliphatic heterocycles. The molecule has 0 N–H and O–H groups in total. The van der Waals surface area contributed by atoms with E-state index in [1.807, 2.05) is 4.90 Å². The second-order valence-corrected chi connectivity index (χ2v) is 7.83. The fourth-order valence-electron chi connectivity index (χ4n) is 4.35. The van der Waals surface area contributed by atoms with Gasteiger partial charge in [-0.15, -0.1) is 0 Å². The second kappa shape index (κ2) is 7.28. The standard InChI is InChI=1S/C18H32N2O4/c1-13(2)16(20-11-14(3)24-15(4)12-20)17(21)19-7-5-18(6-8-19)22-9-10-23-18/h13-16H,5-12H2,1-4H3. The zero-order valence-corrected chi connectivity index (χ0v) is 15.5. The highest BCUT2D eigenvalue weighted by Gasteiger charge is 2.43. The van der Waals surface area contributed by atoms with E-state index in [4.69, 9.17) is 14.2 Å². The molecule has 0 aliphatic carbocycles. The molecule has 138 valence electrons. The lowest BCUT2D eigenvalue weighted by Gasteiger charge is -2.44. The van der Waals surface area contributed by atoms with E-state index >= 15 is 0 Å². The second-order valence-electron chi connectivity index (χ2n) is 7.83. The average molecular weight is 340 g/mol. The summed E-state index contributed by atoms with van der Waals surface area (Å²) in [5.41, 5.74) is 0. The van der Waals surface area contributed by atoms with Crippen molar-refractivity contribution in [2.75, 3.05) is 39.4 Å². The van der Waals surface area contributed by atoms with E-state index in [2.05, 4.69) is 32.6 Å². The van der Waals surface area contributed by atoms with Gasteiger partial charge in [-0.3, -0.25) is 9.69 Å². The van der Waals surface area contributed by atoms with Crippen LogP contribution in [0.25, 0.3) is 0 Å². The summed E-state index contributed by atoms with van der Waals surface area (Å²) in [6, 6.07) is -0.0711. The third-order valence-corrected chi connectivity index (χ3v) is 5.38. The molecule has 3 saturated heterocycles. The third-order valence-electron chi connectivity index (χ3n) is 5.38. The molecule has 3 aliphatic rings. The first-order valence-electron chi connectivity index (χ1n) is 9.36. The Kier molecular flexibility index (Phi) is 5.49. The Morgan fingerprint density at radius 1 is 1.04 bits per heavy atom. The summed E-state index contributed by atoms with van der Waals surface area (Å²) in [4.78, 5) is 17.5. The number of nitrogens with zero attached hydrogens (tertiary/aromatic N) is 2. The van der Waals surface area contributed by atoms with Crippen molar-refractivity contribution < 1.29 is 19.0 Å². The van der Waals surface area contributed by atoms with Crippen LogP contribution < -0.4 is 0 Å². The Balaban J connectivity index is 1.64. The van der Waals surface area contributed by atoms with Crippen molar-refractivity contribution in [3.63, 3.8) is 0 Å². The van der Waals surface area contributed by atoms with Crippen molar-refractivity contribution in [3.05, 3.63) is 0 Å². The summed E-state index contributed by atoms with van der Waals surface area (Å²) in [6.07, 6.45) is 1.90. The van der Waals surface area contributed by atoms with E-state index in [1.165, 1.54) is 0 Å². The fraction of sp³-hybridized carbons (Fsp3) is 0.944. The number of hydrogen-bond donors (Lipinski definition) is 0. The topological polar surface area (TPSA) is 51.2 Å². The monoisotopic (exact) mass is 340 g/mol. The fourth-order valence-corrected chi connectivity index (χ4v) is 4.35. The zero-order chi connectivity index (χ0) is 17.3. The van der Waals surface area contributed by atoms with Crippen LogP contribution in [0.1, 0.15) is 40.5 Å². The number of hydrogen-bond acceptors (Lipinski definition) is 5. The van der Waals surface area contributed by atoms with Crippen LogP contribution in [-0.2, 0) is 19.0 Å². The Morgan fingerprint density at radius 2 is 1.58 bits per heavy atom. The quantitative estimate of drug-likeness (QED) is 0.779. The molecule has 0 radical (unpaired) electrons. The van der Waals surface area contributed by atoms with Crippen LogP contribution >= 0.6 is 0 Å². The number of rotatable bonds is 3. The summed E-state index contributed by atoms with van der Waals surface area (Å²) >= 11 is 0. The van der Waals surface area contributed by atoms with Gasteiger partial charge in [0.15, 0.2) is 5.79 Å². The van der Waals surface area contributed by atoms with Crippen molar-refractivity contribution >= 4 is 5.91 Å². The predicted octanol–water partition coefficient (Wildman–Crippen LogP) is 1.49. The molecule has 3 rings (SSSR count). The van der Waals surface area contributed by atoms with Crippen LogP contribution in [0.15, 0.2) is 0 Å². The van der Waals surface area contributed by atoms with Crippen molar-refractivity contribution in [2.45, 2.75) is 64.6 Å². The number of likely N-dealkylation sites (tertiary alicyclic amines) is 1. The lowest BCUT2D eigenvalue weighted by atomic mass is 9.96. The Bertz CT molecular complexity index is 430. The Morgan fingerprint density at radius 3 is 2.08 bits per heavy atom. The van der Waals surface area contributed by atoms with Crippen molar-refractivity contribution in [1.82, 2.24) is 9.80 Å². The smallest absolute Gasteiger partial charge is 0.240 e. The first-order valence-corrected chi connectivity index (χ1v) is 9.36. The molecule has 0 aromatic heterocycles. The SMILES string of the molecule is CC1CN(C(C(=O)N2CCC3(CC2)OCCO3)C(C)C)CC(C)O1. The molecule has 6 heteroatoms. The van der Waals surface area contributed by atoms with Gasteiger partial charge in [0.05, 0.1) is 31.5 Å². The summed E-state index contributed by atoms with van der Waals surface area (Å²) in [7, 11) is 0. The number of piperidine rings is 1. The van der Waals surface area contributed by atoms with Crippen molar-refractivity contribution in [3.8, 4) is 0 Å². The van der Waals surface area contributed by atoms with Gasteiger partial charge in [0.1, 0.15) is 0 Å². The van der Waals surface area contributed by atoms with E-state index in [1.54, 1.807) is 0 Å². The minimum absolute atomic E-state index is 0.0711. The summed E-state index contributed by atoms with van der Waals surface area (Å²) in [5, 5.41) is 0. The molecular weight excluding hydrogens is 308 g/mol. The molecule has 6 nitrogen and oxygen atoms in total. The highest BCUT2D eigenvalue weighted by molar-refractivity contribution is 5.82. The van der Waals surface area contributed by atoms with Crippen LogP contribution in [0, 0.1) is 5.92 Å². The molecule has 0 saturated carbocycles. The zero-order valence-electron chi connectivity index (χ0n) is 15.5.